The Bertz CT molecular complexity index is 1020. The number of aliphatic carboxylic acids is 1. The van der Waals surface area contributed by atoms with Crippen LogP contribution in [0.25, 0.3) is 11.1 Å². The molecule has 3 atom stereocenters. The van der Waals surface area contributed by atoms with Gasteiger partial charge in [0.25, 0.3) is 0 Å². The van der Waals surface area contributed by atoms with Crippen molar-refractivity contribution in [2.45, 2.75) is 57.4 Å². The molecule has 1 saturated carbocycles. The van der Waals surface area contributed by atoms with E-state index in [1.54, 1.807) is 0 Å². The maximum absolute atomic E-state index is 12.6. The first-order chi connectivity index (χ1) is 16.9. The molecule has 2 aliphatic rings. The quantitative estimate of drug-likeness (QED) is 0.485. The minimum Gasteiger partial charge on any atom is -0.481 e. The molecule has 0 bridgehead atoms. The molecule has 0 aromatic heterocycles. The predicted octanol–water partition coefficient (Wildman–Crippen LogP) is 4.70. The molecule has 7 nitrogen and oxygen atoms in total. The number of benzene rings is 2. The molecule has 1 fully saturated rings. The summed E-state index contributed by atoms with van der Waals surface area (Å²) < 4.78 is 5.66. The minimum atomic E-state index is -0.821. The van der Waals surface area contributed by atoms with Crippen LogP contribution in [0.3, 0.4) is 0 Å². The average molecular weight is 479 g/mol. The fraction of sp³-hybridized carbons (Fsp3) is 0.464. The second-order valence-corrected chi connectivity index (χ2v) is 9.81. The van der Waals surface area contributed by atoms with Gasteiger partial charge in [0.1, 0.15) is 6.61 Å². The van der Waals surface area contributed by atoms with Gasteiger partial charge in [-0.15, -0.1) is 0 Å². The Hall–Kier alpha value is -3.35. The lowest BCUT2D eigenvalue weighted by Gasteiger charge is -2.29. The first-order valence-electron chi connectivity index (χ1n) is 12.5. The normalized spacial score (nSPS) is 19.8. The Kier molecular flexibility index (Phi) is 8.06. The molecule has 7 heteroatoms. The number of carbonyl (C=O) groups excluding carboxylic acids is 2. The van der Waals surface area contributed by atoms with Crippen molar-refractivity contribution in [1.82, 2.24) is 10.6 Å². The molecule has 0 aliphatic heterocycles. The van der Waals surface area contributed by atoms with Crippen LogP contribution in [0, 0.1) is 11.8 Å². The van der Waals surface area contributed by atoms with Crippen molar-refractivity contribution in [2.75, 3.05) is 13.2 Å². The number of carboxylic acids is 1. The van der Waals surface area contributed by atoms with Gasteiger partial charge in [0.05, 0.1) is 0 Å². The number of carboxylic acid groups (broad SMARTS) is 1. The van der Waals surface area contributed by atoms with Gasteiger partial charge in [-0.05, 0) is 53.9 Å². The fourth-order valence-corrected chi connectivity index (χ4v) is 5.35. The first-order valence-corrected chi connectivity index (χ1v) is 12.5. The lowest BCUT2D eigenvalue weighted by molar-refractivity contribution is -0.138. The third-order valence-corrected chi connectivity index (χ3v) is 7.17. The molecule has 0 saturated heterocycles. The number of hydrogen-bond acceptors (Lipinski definition) is 4. The number of rotatable bonds is 9. The number of nitrogens with one attached hydrogen (secondary N) is 2. The third-order valence-electron chi connectivity index (χ3n) is 7.17. The predicted molar refractivity (Wildman–Crippen MR) is 133 cm³/mol. The highest BCUT2D eigenvalue weighted by Gasteiger charge is 2.31. The summed E-state index contributed by atoms with van der Waals surface area (Å²) in [6.45, 7) is 2.61. The van der Waals surface area contributed by atoms with Crippen molar-refractivity contribution in [3.05, 3.63) is 59.7 Å². The third kappa shape index (κ3) is 6.21. The highest BCUT2D eigenvalue weighted by atomic mass is 16.5. The summed E-state index contributed by atoms with van der Waals surface area (Å²) in [5.41, 5.74) is 4.73. The standard InChI is InChI=1S/C28H34N2O5/c1-18(15-26(31)32)13-14-29-27(33)19-7-6-8-20(16-19)30-28(34)35-17-25-23-11-4-2-9-21(23)22-10-3-5-12-24(22)25/h2-5,9-12,18-20,25H,6-8,13-17H2,1H3,(H,29,33)(H,30,34)(H,31,32)/t18?,19-,20+/m0/s1. The maximum atomic E-state index is 12.6. The maximum Gasteiger partial charge on any atom is 0.407 e. The summed E-state index contributed by atoms with van der Waals surface area (Å²) in [5, 5.41) is 14.8. The van der Waals surface area contributed by atoms with Gasteiger partial charge < -0.3 is 20.5 Å². The number of hydrogen-bond donors (Lipinski definition) is 3. The van der Waals surface area contributed by atoms with Crippen LogP contribution in [0.1, 0.15) is 62.5 Å². The second kappa shape index (κ2) is 11.4. The zero-order chi connectivity index (χ0) is 24.8. The van der Waals surface area contributed by atoms with E-state index >= 15 is 0 Å². The summed E-state index contributed by atoms with van der Waals surface area (Å²) in [6.07, 6.45) is 3.35. The van der Waals surface area contributed by atoms with E-state index in [1.807, 2.05) is 31.2 Å². The van der Waals surface area contributed by atoms with Crippen molar-refractivity contribution < 1.29 is 24.2 Å². The second-order valence-electron chi connectivity index (χ2n) is 9.81. The molecule has 3 N–H and O–H groups in total. The molecule has 35 heavy (non-hydrogen) atoms. The van der Waals surface area contributed by atoms with E-state index < -0.39 is 12.1 Å². The van der Waals surface area contributed by atoms with Gasteiger partial charge >= 0.3 is 12.1 Å². The van der Waals surface area contributed by atoms with Crippen LogP contribution in [0.2, 0.25) is 0 Å². The molecule has 4 rings (SSSR count). The summed E-state index contributed by atoms with van der Waals surface area (Å²) in [5.74, 6) is -0.967. The number of alkyl carbamates (subject to hydrolysis) is 1. The molecular formula is C28H34N2O5. The van der Waals surface area contributed by atoms with Crippen molar-refractivity contribution in [1.29, 1.82) is 0 Å². The number of amides is 2. The Balaban J connectivity index is 1.24. The Morgan fingerprint density at radius 1 is 1.03 bits per heavy atom. The van der Waals surface area contributed by atoms with E-state index in [0.717, 1.165) is 19.3 Å². The van der Waals surface area contributed by atoms with Crippen molar-refractivity contribution in [3.8, 4) is 11.1 Å². The molecule has 1 unspecified atom stereocenters. The van der Waals surface area contributed by atoms with Crippen LogP contribution in [0.15, 0.2) is 48.5 Å². The number of ether oxygens (including phenoxy) is 1. The summed E-state index contributed by atoms with van der Waals surface area (Å²) in [4.78, 5) is 36.0. The van der Waals surface area contributed by atoms with E-state index in [0.29, 0.717) is 19.4 Å². The molecular weight excluding hydrogens is 444 g/mol. The molecule has 0 spiro atoms. The average Bonchev–Trinajstić information content (AvgIpc) is 3.16. The summed E-state index contributed by atoms with van der Waals surface area (Å²) >= 11 is 0. The SMILES string of the molecule is CC(CCNC(=O)[C@H]1CCC[C@@H](NC(=O)OCC2c3ccccc3-c3ccccc32)C1)CC(=O)O. The van der Waals surface area contributed by atoms with Crippen LogP contribution in [-0.4, -0.2) is 42.3 Å². The molecule has 186 valence electrons. The summed E-state index contributed by atoms with van der Waals surface area (Å²) in [7, 11) is 0. The Labute approximate surface area is 206 Å². The number of fused-ring (bicyclic) bond motifs is 3. The van der Waals surface area contributed by atoms with E-state index in [1.165, 1.54) is 22.3 Å². The van der Waals surface area contributed by atoms with Gasteiger partial charge in [-0.25, -0.2) is 4.79 Å². The molecule has 2 amide bonds. The lowest BCUT2D eigenvalue weighted by Crippen LogP contribution is -2.43. The monoisotopic (exact) mass is 478 g/mol. The van der Waals surface area contributed by atoms with Gasteiger partial charge in [0, 0.05) is 30.8 Å². The van der Waals surface area contributed by atoms with Gasteiger partial charge in [0.15, 0.2) is 0 Å². The molecule has 0 heterocycles. The first kappa shape index (κ1) is 24.8. The zero-order valence-corrected chi connectivity index (χ0v) is 20.2. The van der Waals surface area contributed by atoms with Crippen LogP contribution < -0.4 is 10.6 Å². The van der Waals surface area contributed by atoms with E-state index in [4.69, 9.17) is 9.84 Å². The van der Waals surface area contributed by atoms with Crippen LogP contribution in [0.5, 0.6) is 0 Å². The minimum absolute atomic E-state index is 0.0153. The van der Waals surface area contributed by atoms with Crippen molar-refractivity contribution in [3.63, 3.8) is 0 Å². The highest BCUT2D eigenvalue weighted by Crippen LogP contribution is 2.44. The van der Waals surface area contributed by atoms with E-state index in [-0.39, 0.29) is 42.7 Å². The molecule has 2 aromatic carbocycles. The van der Waals surface area contributed by atoms with Crippen LogP contribution >= 0.6 is 0 Å². The van der Waals surface area contributed by atoms with Crippen LogP contribution in [-0.2, 0) is 14.3 Å². The fourth-order valence-electron chi connectivity index (χ4n) is 5.35. The van der Waals surface area contributed by atoms with Crippen LogP contribution in [0.4, 0.5) is 4.79 Å². The van der Waals surface area contributed by atoms with Gasteiger partial charge in [0.2, 0.25) is 5.91 Å². The van der Waals surface area contributed by atoms with Crippen molar-refractivity contribution in [2.24, 2.45) is 11.8 Å². The molecule has 0 radical (unpaired) electrons. The molecule has 2 aliphatic carbocycles. The number of carbonyl (C=O) groups is 3. The van der Waals surface area contributed by atoms with Gasteiger partial charge in [-0.1, -0.05) is 61.9 Å². The van der Waals surface area contributed by atoms with Crippen molar-refractivity contribution >= 4 is 18.0 Å². The van der Waals surface area contributed by atoms with Gasteiger partial charge in [-0.3, -0.25) is 9.59 Å². The Morgan fingerprint density at radius 2 is 1.69 bits per heavy atom. The highest BCUT2D eigenvalue weighted by molar-refractivity contribution is 5.80. The lowest BCUT2D eigenvalue weighted by atomic mass is 9.85. The smallest absolute Gasteiger partial charge is 0.407 e. The largest absolute Gasteiger partial charge is 0.481 e. The Morgan fingerprint density at radius 3 is 2.34 bits per heavy atom. The summed E-state index contributed by atoms with van der Waals surface area (Å²) in [6, 6.07) is 16.4. The van der Waals surface area contributed by atoms with Gasteiger partial charge in [-0.2, -0.15) is 0 Å². The molecule has 2 aromatic rings. The van der Waals surface area contributed by atoms with E-state index in [9.17, 15) is 14.4 Å². The zero-order valence-electron chi connectivity index (χ0n) is 20.2. The topological polar surface area (TPSA) is 105 Å². The van der Waals surface area contributed by atoms with E-state index in [2.05, 4.69) is 34.9 Å².